The van der Waals surface area contributed by atoms with Crippen LogP contribution in [0.5, 0.6) is 11.5 Å². The molecule has 2 N–H and O–H groups in total. The first kappa shape index (κ1) is 13.0. The molecule has 2 aromatic rings. The largest absolute Gasteiger partial charge is 0.457 e. The third-order valence-electron chi connectivity index (χ3n) is 2.23. The van der Waals surface area contributed by atoms with Gasteiger partial charge in [-0.2, -0.15) is 0 Å². The fraction of sp³-hybridized carbons (Fsp3) is 0. The first-order valence-corrected chi connectivity index (χ1v) is 6.29. The van der Waals surface area contributed by atoms with Gasteiger partial charge in [-0.15, -0.1) is 0 Å². The van der Waals surface area contributed by atoms with E-state index < -0.39 is 5.82 Å². The predicted octanol–water partition coefficient (Wildman–Crippen LogP) is 4.01. The number of nitrogens with two attached hydrogens (primary N) is 1. The summed E-state index contributed by atoms with van der Waals surface area (Å²) < 4.78 is 19.7. The molecule has 0 amide bonds. The maximum atomic E-state index is 13.1. The van der Waals surface area contributed by atoms with Crippen molar-refractivity contribution in [1.29, 1.82) is 0 Å². The van der Waals surface area contributed by atoms with Gasteiger partial charge in [-0.05, 0) is 36.4 Å². The van der Waals surface area contributed by atoms with E-state index in [0.717, 1.165) is 4.47 Å². The van der Waals surface area contributed by atoms with Gasteiger partial charge in [0.1, 0.15) is 22.3 Å². The number of rotatable bonds is 3. The van der Waals surface area contributed by atoms with Crippen molar-refractivity contribution in [1.82, 2.24) is 0 Å². The molecular weight excluding hydrogens is 317 g/mol. The summed E-state index contributed by atoms with van der Waals surface area (Å²) in [5.41, 5.74) is 5.92. The van der Waals surface area contributed by atoms with E-state index in [-0.39, 0.29) is 4.99 Å². The summed E-state index contributed by atoms with van der Waals surface area (Å²) in [4.78, 5) is 0.0968. The van der Waals surface area contributed by atoms with Gasteiger partial charge in [-0.25, -0.2) is 4.39 Å². The fourth-order valence-electron chi connectivity index (χ4n) is 1.44. The molecule has 0 radical (unpaired) electrons. The smallest absolute Gasteiger partial charge is 0.137 e. The van der Waals surface area contributed by atoms with Gasteiger partial charge in [0, 0.05) is 4.47 Å². The second-order valence-electron chi connectivity index (χ2n) is 3.56. The molecule has 0 fully saturated rings. The van der Waals surface area contributed by atoms with E-state index in [1.165, 1.54) is 18.2 Å². The average molecular weight is 326 g/mol. The number of benzene rings is 2. The van der Waals surface area contributed by atoms with Crippen molar-refractivity contribution >= 4 is 33.1 Å². The van der Waals surface area contributed by atoms with Crippen molar-refractivity contribution in [2.75, 3.05) is 0 Å². The van der Waals surface area contributed by atoms with Crippen LogP contribution in [0.15, 0.2) is 46.9 Å². The summed E-state index contributed by atoms with van der Waals surface area (Å²) in [6, 6.07) is 11.4. The van der Waals surface area contributed by atoms with E-state index in [1.807, 2.05) is 12.1 Å². The van der Waals surface area contributed by atoms with Crippen LogP contribution in [-0.2, 0) is 0 Å². The zero-order valence-corrected chi connectivity index (χ0v) is 11.6. The van der Waals surface area contributed by atoms with Crippen molar-refractivity contribution in [2.24, 2.45) is 5.73 Å². The highest BCUT2D eigenvalue weighted by molar-refractivity contribution is 9.10. The molecular formula is C13H9BrFNOS. The monoisotopic (exact) mass is 325 g/mol. The van der Waals surface area contributed by atoms with Crippen molar-refractivity contribution in [3.63, 3.8) is 0 Å². The first-order chi connectivity index (χ1) is 8.56. The minimum absolute atomic E-state index is 0.0968. The van der Waals surface area contributed by atoms with E-state index in [1.54, 1.807) is 12.1 Å². The van der Waals surface area contributed by atoms with Crippen LogP contribution in [0.3, 0.4) is 0 Å². The quantitative estimate of drug-likeness (QED) is 0.866. The van der Waals surface area contributed by atoms with Crippen LogP contribution < -0.4 is 10.5 Å². The Labute approximate surface area is 118 Å². The molecule has 0 saturated heterocycles. The van der Waals surface area contributed by atoms with Gasteiger partial charge in [0.15, 0.2) is 0 Å². The Kier molecular flexibility index (Phi) is 3.93. The second-order valence-corrected chi connectivity index (χ2v) is 4.92. The minimum atomic E-state index is -0.403. The van der Waals surface area contributed by atoms with Crippen LogP contribution in [0.2, 0.25) is 0 Å². The summed E-state index contributed by atoms with van der Waals surface area (Å²) in [5, 5.41) is 0. The molecule has 0 aliphatic heterocycles. The summed E-state index contributed by atoms with van der Waals surface area (Å²) >= 11 is 8.22. The van der Waals surface area contributed by atoms with Gasteiger partial charge in [-0.1, -0.05) is 34.2 Å². The van der Waals surface area contributed by atoms with Crippen LogP contribution in [0, 0.1) is 5.82 Å². The van der Waals surface area contributed by atoms with Gasteiger partial charge >= 0.3 is 0 Å². The second kappa shape index (κ2) is 5.46. The Balaban J connectivity index is 2.37. The molecule has 0 bridgehead atoms. The SMILES string of the molecule is NC(=S)c1cc(F)ccc1Oc1cccc(Br)c1. The number of hydrogen-bond donors (Lipinski definition) is 1. The minimum Gasteiger partial charge on any atom is -0.457 e. The van der Waals surface area contributed by atoms with E-state index in [9.17, 15) is 4.39 Å². The highest BCUT2D eigenvalue weighted by atomic mass is 79.9. The molecule has 2 nitrogen and oxygen atoms in total. The van der Waals surface area contributed by atoms with Gasteiger partial charge in [0.2, 0.25) is 0 Å². The third kappa shape index (κ3) is 3.05. The molecule has 0 aliphatic rings. The zero-order valence-electron chi connectivity index (χ0n) is 9.19. The fourth-order valence-corrected chi connectivity index (χ4v) is 1.98. The van der Waals surface area contributed by atoms with Gasteiger partial charge in [0.25, 0.3) is 0 Å². The predicted molar refractivity (Wildman–Crippen MR) is 76.5 cm³/mol. The Morgan fingerprint density at radius 1 is 1.22 bits per heavy atom. The van der Waals surface area contributed by atoms with Crippen molar-refractivity contribution < 1.29 is 9.13 Å². The zero-order chi connectivity index (χ0) is 13.1. The molecule has 92 valence electrons. The molecule has 0 unspecified atom stereocenters. The van der Waals surface area contributed by atoms with Gasteiger partial charge in [-0.3, -0.25) is 0 Å². The van der Waals surface area contributed by atoms with E-state index in [2.05, 4.69) is 15.9 Å². The molecule has 0 heterocycles. The summed E-state index contributed by atoms with van der Waals surface area (Å²) in [6.45, 7) is 0. The molecule has 0 aliphatic carbocycles. The number of thiocarbonyl (C=S) groups is 1. The third-order valence-corrected chi connectivity index (χ3v) is 2.94. The van der Waals surface area contributed by atoms with Gasteiger partial charge < -0.3 is 10.5 Å². The Bertz CT molecular complexity index is 603. The van der Waals surface area contributed by atoms with E-state index in [0.29, 0.717) is 17.1 Å². The summed E-state index contributed by atoms with van der Waals surface area (Å²) in [6.07, 6.45) is 0. The standard InChI is InChI=1S/C13H9BrFNOS/c14-8-2-1-3-10(6-8)17-12-5-4-9(15)7-11(12)13(16)18/h1-7H,(H2,16,18). The highest BCUT2D eigenvalue weighted by Crippen LogP contribution is 2.27. The van der Waals surface area contributed by atoms with Crippen molar-refractivity contribution in [2.45, 2.75) is 0 Å². The van der Waals surface area contributed by atoms with E-state index >= 15 is 0 Å². The number of ether oxygens (including phenoxy) is 1. The van der Waals surface area contributed by atoms with Crippen molar-refractivity contribution in [3.05, 3.63) is 58.3 Å². The van der Waals surface area contributed by atoms with Crippen molar-refractivity contribution in [3.8, 4) is 11.5 Å². The molecule has 0 spiro atoms. The van der Waals surface area contributed by atoms with Crippen LogP contribution in [0.1, 0.15) is 5.56 Å². The molecule has 5 heteroatoms. The Morgan fingerprint density at radius 3 is 2.67 bits per heavy atom. The molecule has 2 aromatic carbocycles. The Morgan fingerprint density at radius 2 is 2.00 bits per heavy atom. The lowest BCUT2D eigenvalue weighted by Crippen LogP contribution is -2.11. The molecule has 2 rings (SSSR count). The first-order valence-electron chi connectivity index (χ1n) is 5.09. The van der Waals surface area contributed by atoms with Crippen LogP contribution >= 0.6 is 28.1 Å². The highest BCUT2D eigenvalue weighted by Gasteiger charge is 2.09. The maximum absolute atomic E-state index is 13.1. The Hall–Kier alpha value is -1.46. The molecule has 0 saturated carbocycles. The maximum Gasteiger partial charge on any atom is 0.137 e. The van der Waals surface area contributed by atoms with Gasteiger partial charge in [0.05, 0.1) is 5.56 Å². The topological polar surface area (TPSA) is 35.2 Å². The molecule has 18 heavy (non-hydrogen) atoms. The van der Waals surface area contributed by atoms with Crippen LogP contribution in [-0.4, -0.2) is 4.99 Å². The van der Waals surface area contributed by atoms with Crippen LogP contribution in [0.4, 0.5) is 4.39 Å². The normalized spacial score (nSPS) is 10.1. The summed E-state index contributed by atoms with van der Waals surface area (Å²) in [5.74, 6) is 0.648. The molecule has 0 aromatic heterocycles. The molecule has 0 atom stereocenters. The average Bonchev–Trinajstić information content (AvgIpc) is 2.31. The lowest BCUT2D eigenvalue weighted by Gasteiger charge is -2.10. The lowest BCUT2D eigenvalue weighted by molar-refractivity contribution is 0.479. The lowest BCUT2D eigenvalue weighted by atomic mass is 10.2. The van der Waals surface area contributed by atoms with Crippen LogP contribution in [0.25, 0.3) is 0 Å². The number of halogens is 2. The van der Waals surface area contributed by atoms with E-state index in [4.69, 9.17) is 22.7 Å². The number of hydrogen-bond acceptors (Lipinski definition) is 2. The summed E-state index contributed by atoms with van der Waals surface area (Å²) in [7, 11) is 0.